The van der Waals surface area contributed by atoms with Crippen molar-refractivity contribution in [1.82, 2.24) is 15.1 Å². The first-order valence-corrected chi connectivity index (χ1v) is 8.90. The van der Waals surface area contributed by atoms with Crippen molar-refractivity contribution in [2.45, 2.75) is 58.0 Å². The molecule has 0 bridgehead atoms. The van der Waals surface area contributed by atoms with Gasteiger partial charge >= 0.3 is 0 Å². The van der Waals surface area contributed by atoms with Crippen molar-refractivity contribution in [3.63, 3.8) is 0 Å². The molecule has 1 N–H and O–H groups in total. The predicted molar refractivity (Wildman–Crippen MR) is 85.3 cm³/mol. The Morgan fingerprint density at radius 2 is 1.64 bits per heavy atom. The molecule has 2 amide bonds. The van der Waals surface area contributed by atoms with E-state index in [0.29, 0.717) is 38.1 Å². The van der Waals surface area contributed by atoms with E-state index in [4.69, 9.17) is 0 Å². The summed E-state index contributed by atoms with van der Waals surface area (Å²) in [4.78, 5) is 28.6. The lowest BCUT2D eigenvalue weighted by atomic mass is 9.85. The first-order chi connectivity index (χ1) is 10.6. The summed E-state index contributed by atoms with van der Waals surface area (Å²) in [5, 5.41) is 3.57. The molecule has 5 heteroatoms. The molecule has 0 radical (unpaired) electrons. The van der Waals surface area contributed by atoms with E-state index >= 15 is 0 Å². The minimum Gasteiger partial charge on any atom is -0.339 e. The van der Waals surface area contributed by atoms with Gasteiger partial charge in [-0.25, -0.2) is 0 Å². The minimum atomic E-state index is 0.0143. The molecule has 0 spiro atoms. The number of carbonyl (C=O) groups excluding carboxylic acids is 2. The predicted octanol–water partition coefficient (Wildman–Crippen LogP) is 1.23. The Labute approximate surface area is 133 Å². The van der Waals surface area contributed by atoms with E-state index in [1.807, 2.05) is 23.6 Å². The number of fused-ring (bicyclic) bond motifs is 1. The van der Waals surface area contributed by atoms with Gasteiger partial charge < -0.3 is 15.1 Å². The number of piperazine rings is 1. The Morgan fingerprint density at radius 3 is 2.27 bits per heavy atom. The van der Waals surface area contributed by atoms with Gasteiger partial charge in [-0.1, -0.05) is 26.7 Å². The quantitative estimate of drug-likeness (QED) is 0.835. The summed E-state index contributed by atoms with van der Waals surface area (Å²) < 4.78 is 0. The van der Waals surface area contributed by atoms with Crippen LogP contribution in [-0.2, 0) is 9.59 Å². The lowest BCUT2D eigenvalue weighted by Crippen LogP contribution is -2.55. The zero-order valence-electron chi connectivity index (χ0n) is 13.9. The Hall–Kier alpha value is -1.10. The number of nitrogens with one attached hydrogen (secondary N) is 1. The maximum atomic E-state index is 12.7. The molecule has 0 aromatic heterocycles. The topological polar surface area (TPSA) is 52.7 Å². The van der Waals surface area contributed by atoms with E-state index in [2.05, 4.69) is 5.32 Å². The molecule has 3 aliphatic rings. The third kappa shape index (κ3) is 3.14. The van der Waals surface area contributed by atoms with Crippen LogP contribution >= 0.6 is 0 Å². The van der Waals surface area contributed by atoms with E-state index in [9.17, 15) is 9.59 Å². The molecule has 2 saturated heterocycles. The van der Waals surface area contributed by atoms with Crippen LogP contribution < -0.4 is 5.32 Å². The van der Waals surface area contributed by atoms with Gasteiger partial charge in [0.25, 0.3) is 0 Å². The normalized spacial score (nSPS) is 32.2. The fourth-order valence-corrected chi connectivity index (χ4v) is 4.24. The van der Waals surface area contributed by atoms with E-state index in [1.165, 1.54) is 25.7 Å². The van der Waals surface area contributed by atoms with Crippen LogP contribution in [0, 0.1) is 11.8 Å². The van der Waals surface area contributed by atoms with E-state index in [1.54, 1.807) is 0 Å². The van der Waals surface area contributed by atoms with Crippen LogP contribution in [0.1, 0.15) is 46.0 Å². The van der Waals surface area contributed by atoms with Crippen molar-refractivity contribution in [3.05, 3.63) is 0 Å². The fourth-order valence-electron chi connectivity index (χ4n) is 4.24. The van der Waals surface area contributed by atoms with Crippen LogP contribution in [0.25, 0.3) is 0 Å². The van der Waals surface area contributed by atoms with Gasteiger partial charge in [-0.2, -0.15) is 0 Å². The summed E-state index contributed by atoms with van der Waals surface area (Å²) >= 11 is 0. The van der Waals surface area contributed by atoms with Gasteiger partial charge in [0.2, 0.25) is 11.8 Å². The van der Waals surface area contributed by atoms with Crippen molar-refractivity contribution in [1.29, 1.82) is 0 Å². The smallest absolute Gasteiger partial charge is 0.239 e. The second kappa shape index (κ2) is 6.57. The number of carbonyl (C=O) groups is 2. The van der Waals surface area contributed by atoms with Gasteiger partial charge in [-0.3, -0.25) is 9.59 Å². The van der Waals surface area contributed by atoms with Crippen LogP contribution in [0.4, 0.5) is 0 Å². The molecule has 3 atom stereocenters. The monoisotopic (exact) mass is 307 g/mol. The third-order valence-corrected chi connectivity index (χ3v) is 5.56. The third-order valence-electron chi connectivity index (χ3n) is 5.56. The zero-order chi connectivity index (χ0) is 15.7. The van der Waals surface area contributed by atoms with E-state index < -0.39 is 0 Å². The molecule has 0 aromatic carbocycles. The maximum Gasteiger partial charge on any atom is 0.239 e. The molecule has 1 saturated carbocycles. The highest BCUT2D eigenvalue weighted by atomic mass is 16.2. The maximum absolute atomic E-state index is 12.7. The van der Waals surface area contributed by atoms with Gasteiger partial charge in [0.15, 0.2) is 0 Å². The molecule has 3 unspecified atom stereocenters. The molecule has 0 aromatic rings. The summed E-state index contributed by atoms with van der Waals surface area (Å²) in [5.41, 5.74) is 0. The summed E-state index contributed by atoms with van der Waals surface area (Å²) in [6, 6.07) is 0.576. The standard InChI is InChI=1S/C17H29N3O2/c1-12(2)16(21)19-7-9-20(10-8-19)17(22)15-11-13-5-3-4-6-14(13)18-15/h12-15,18H,3-11H2,1-2H3. The first kappa shape index (κ1) is 15.8. The molecule has 1 aliphatic carbocycles. The van der Waals surface area contributed by atoms with Crippen LogP contribution in [0.2, 0.25) is 0 Å². The fraction of sp³-hybridized carbons (Fsp3) is 0.882. The summed E-state index contributed by atoms with van der Waals surface area (Å²) in [6.07, 6.45) is 6.13. The van der Waals surface area contributed by atoms with Crippen molar-refractivity contribution in [2.24, 2.45) is 11.8 Å². The van der Waals surface area contributed by atoms with Crippen molar-refractivity contribution in [2.75, 3.05) is 26.2 Å². The van der Waals surface area contributed by atoms with Gasteiger partial charge in [0.05, 0.1) is 6.04 Å². The van der Waals surface area contributed by atoms with Gasteiger partial charge in [0.1, 0.15) is 0 Å². The highest BCUT2D eigenvalue weighted by Crippen LogP contribution is 2.33. The summed E-state index contributed by atoms with van der Waals surface area (Å²) in [7, 11) is 0. The number of nitrogens with zero attached hydrogens (tertiary/aromatic N) is 2. The zero-order valence-corrected chi connectivity index (χ0v) is 13.9. The SMILES string of the molecule is CC(C)C(=O)N1CCN(C(=O)C2CC3CCCCC3N2)CC1. The second-order valence-electron chi connectivity index (χ2n) is 7.41. The van der Waals surface area contributed by atoms with Crippen molar-refractivity contribution < 1.29 is 9.59 Å². The average Bonchev–Trinajstić information content (AvgIpc) is 2.97. The largest absolute Gasteiger partial charge is 0.339 e. The number of hydrogen-bond acceptors (Lipinski definition) is 3. The molecule has 2 heterocycles. The van der Waals surface area contributed by atoms with Crippen molar-refractivity contribution in [3.8, 4) is 0 Å². The molecular formula is C17H29N3O2. The molecule has 3 fully saturated rings. The van der Waals surface area contributed by atoms with Crippen LogP contribution in [0.15, 0.2) is 0 Å². The van der Waals surface area contributed by atoms with Gasteiger partial charge in [0, 0.05) is 38.1 Å². The lowest BCUT2D eigenvalue weighted by Gasteiger charge is -2.36. The Bertz CT molecular complexity index is 416. The number of amides is 2. The number of hydrogen-bond donors (Lipinski definition) is 1. The first-order valence-electron chi connectivity index (χ1n) is 8.90. The van der Waals surface area contributed by atoms with Crippen LogP contribution in [0.3, 0.4) is 0 Å². The molecular weight excluding hydrogens is 278 g/mol. The van der Waals surface area contributed by atoms with E-state index in [-0.39, 0.29) is 23.8 Å². The van der Waals surface area contributed by atoms with Crippen LogP contribution in [-0.4, -0.2) is 59.9 Å². The average molecular weight is 307 g/mol. The van der Waals surface area contributed by atoms with Gasteiger partial charge in [-0.15, -0.1) is 0 Å². The Kier molecular flexibility index (Phi) is 4.71. The molecule has 22 heavy (non-hydrogen) atoms. The molecule has 2 aliphatic heterocycles. The lowest BCUT2D eigenvalue weighted by molar-refractivity contribution is -0.142. The molecule has 3 rings (SSSR count). The highest BCUT2D eigenvalue weighted by Gasteiger charge is 2.40. The van der Waals surface area contributed by atoms with Crippen molar-refractivity contribution >= 4 is 11.8 Å². The second-order valence-corrected chi connectivity index (χ2v) is 7.41. The minimum absolute atomic E-state index is 0.0143. The molecule has 124 valence electrons. The summed E-state index contributed by atoms with van der Waals surface area (Å²) in [5.74, 6) is 1.21. The number of rotatable bonds is 2. The Morgan fingerprint density at radius 1 is 1.00 bits per heavy atom. The highest BCUT2D eigenvalue weighted by molar-refractivity contribution is 5.83. The molecule has 5 nitrogen and oxygen atoms in total. The summed E-state index contributed by atoms with van der Waals surface area (Å²) in [6.45, 7) is 6.61. The van der Waals surface area contributed by atoms with Gasteiger partial charge in [-0.05, 0) is 25.2 Å². The Balaban J connectivity index is 1.51. The van der Waals surface area contributed by atoms with Crippen LogP contribution in [0.5, 0.6) is 0 Å². The van der Waals surface area contributed by atoms with E-state index in [0.717, 1.165) is 6.42 Å².